The van der Waals surface area contributed by atoms with E-state index in [1.54, 1.807) is 37.7 Å². The normalized spacial score (nSPS) is 14.0. The SMILES string of the molecule is COc1ccc(-c2cncc(C#Cc3cc(C(=O)Nc4ccc(CN5CCN(C)CC5)c(C(F)(F)F)c4)ccc3C)c2)cc1. The fraction of sp³-hybridized carbons (Fsp3) is 0.257. The number of piperazine rings is 1. The maximum Gasteiger partial charge on any atom is 0.416 e. The minimum Gasteiger partial charge on any atom is -0.497 e. The number of alkyl halides is 3. The third-order valence-corrected chi connectivity index (χ3v) is 7.67. The van der Waals surface area contributed by atoms with Crippen molar-refractivity contribution in [3.05, 3.63) is 113 Å². The lowest BCUT2D eigenvalue weighted by molar-refractivity contribution is -0.138. The molecular weight excluding hydrogens is 565 g/mol. The summed E-state index contributed by atoms with van der Waals surface area (Å²) >= 11 is 0. The van der Waals surface area contributed by atoms with Gasteiger partial charge < -0.3 is 15.0 Å². The molecule has 0 bridgehead atoms. The van der Waals surface area contributed by atoms with E-state index in [2.05, 4.69) is 27.0 Å². The third kappa shape index (κ3) is 7.64. The highest BCUT2D eigenvalue weighted by Gasteiger charge is 2.34. The van der Waals surface area contributed by atoms with Gasteiger partial charge in [-0.1, -0.05) is 36.1 Å². The van der Waals surface area contributed by atoms with Crippen LogP contribution in [0, 0.1) is 18.8 Å². The largest absolute Gasteiger partial charge is 0.497 e. The molecule has 1 N–H and O–H groups in total. The molecule has 0 unspecified atom stereocenters. The van der Waals surface area contributed by atoms with Crippen LogP contribution in [0.25, 0.3) is 11.1 Å². The maximum absolute atomic E-state index is 14.0. The highest BCUT2D eigenvalue weighted by molar-refractivity contribution is 6.04. The molecule has 0 atom stereocenters. The lowest BCUT2D eigenvalue weighted by atomic mass is 10.0. The highest BCUT2D eigenvalue weighted by Crippen LogP contribution is 2.35. The molecule has 5 rings (SSSR count). The summed E-state index contributed by atoms with van der Waals surface area (Å²) in [5.74, 6) is 6.48. The molecule has 1 amide bonds. The average Bonchev–Trinajstić information content (AvgIpc) is 3.02. The minimum atomic E-state index is -4.55. The number of amides is 1. The zero-order valence-corrected chi connectivity index (χ0v) is 24.8. The molecule has 1 aromatic heterocycles. The molecule has 1 saturated heterocycles. The Morgan fingerprint density at radius 3 is 2.39 bits per heavy atom. The van der Waals surface area contributed by atoms with E-state index >= 15 is 0 Å². The highest BCUT2D eigenvalue weighted by atomic mass is 19.4. The van der Waals surface area contributed by atoms with Gasteiger partial charge in [0.05, 0.1) is 12.7 Å². The number of aromatic nitrogens is 1. The zero-order valence-electron chi connectivity index (χ0n) is 24.8. The van der Waals surface area contributed by atoms with Gasteiger partial charge in [0.25, 0.3) is 5.91 Å². The molecule has 0 radical (unpaired) electrons. The summed E-state index contributed by atoms with van der Waals surface area (Å²) in [4.78, 5) is 21.6. The van der Waals surface area contributed by atoms with Gasteiger partial charge >= 0.3 is 6.18 Å². The van der Waals surface area contributed by atoms with E-state index in [0.29, 0.717) is 29.8 Å². The first-order valence-electron chi connectivity index (χ1n) is 14.2. The van der Waals surface area contributed by atoms with Crippen LogP contribution in [0.4, 0.5) is 18.9 Å². The van der Waals surface area contributed by atoms with E-state index in [1.807, 2.05) is 49.2 Å². The van der Waals surface area contributed by atoms with Crippen LogP contribution in [0.15, 0.2) is 79.1 Å². The summed E-state index contributed by atoms with van der Waals surface area (Å²) < 4.78 is 47.3. The second-order valence-electron chi connectivity index (χ2n) is 10.9. The van der Waals surface area contributed by atoms with Gasteiger partial charge in [-0.25, -0.2) is 0 Å². The van der Waals surface area contributed by atoms with Crippen LogP contribution in [-0.4, -0.2) is 61.0 Å². The molecule has 1 aliphatic heterocycles. The predicted octanol–water partition coefficient (Wildman–Crippen LogP) is 6.48. The number of carbonyl (C=O) groups is 1. The van der Waals surface area contributed by atoms with Gasteiger partial charge in [0, 0.05) is 73.1 Å². The summed E-state index contributed by atoms with van der Waals surface area (Å²) in [6.07, 6.45) is -1.13. The molecule has 226 valence electrons. The van der Waals surface area contributed by atoms with Crippen LogP contribution in [0.1, 0.15) is 38.2 Å². The molecule has 0 aliphatic carbocycles. The summed E-state index contributed by atoms with van der Waals surface area (Å²) in [6, 6.07) is 18.6. The summed E-state index contributed by atoms with van der Waals surface area (Å²) in [6.45, 7) is 5.11. The standard InChI is InChI=1S/C35H33F3N4O2/c1-24-4-6-28(19-27(24)7-5-25-18-30(22-39-21-25)26-9-12-32(44-3)13-10-26)34(43)40-31-11-8-29(33(20-31)35(36,37)38)23-42-16-14-41(2)15-17-42/h4,6,8-13,18-22H,14-17,23H2,1-3H3,(H,40,43). The Morgan fingerprint density at radius 2 is 1.68 bits per heavy atom. The number of ether oxygens (including phenoxy) is 1. The summed E-state index contributed by atoms with van der Waals surface area (Å²) in [7, 11) is 3.62. The first-order chi connectivity index (χ1) is 21.1. The van der Waals surface area contributed by atoms with E-state index < -0.39 is 17.6 Å². The zero-order chi connectivity index (χ0) is 31.3. The predicted molar refractivity (Wildman–Crippen MR) is 166 cm³/mol. The van der Waals surface area contributed by atoms with Crippen LogP contribution < -0.4 is 10.1 Å². The van der Waals surface area contributed by atoms with E-state index in [1.165, 1.54) is 12.1 Å². The van der Waals surface area contributed by atoms with E-state index in [9.17, 15) is 18.0 Å². The van der Waals surface area contributed by atoms with Crippen molar-refractivity contribution in [2.24, 2.45) is 0 Å². The molecule has 3 aromatic carbocycles. The first kappa shape index (κ1) is 30.8. The number of aryl methyl sites for hydroxylation is 1. The van der Waals surface area contributed by atoms with Crippen molar-refractivity contribution in [3.8, 4) is 28.7 Å². The molecule has 0 saturated carbocycles. The van der Waals surface area contributed by atoms with Crippen molar-refractivity contribution < 1.29 is 22.7 Å². The minimum absolute atomic E-state index is 0.0825. The molecule has 2 heterocycles. The first-order valence-corrected chi connectivity index (χ1v) is 14.2. The molecular formula is C35H33F3N4O2. The number of carbonyl (C=O) groups excluding carboxylic acids is 1. The van der Waals surface area contributed by atoms with Gasteiger partial charge in [-0.15, -0.1) is 0 Å². The summed E-state index contributed by atoms with van der Waals surface area (Å²) in [5, 5.41) is 2.64. The van der Waals surface area contributed by atoms with Crippen LogP contribution in [0.2, 0.25) is 0 Å². The number of halogens is 3. The van der Waals surface area contributed by atoms with Gasteiger partial charge in [0.15, 0.2) is 0 Å². The fourth-order valence-electron chi connectivity index (χ4n) is 4.99. The topological polar surface area (TPSA) is 57.7 Å². The lowest BCUT2D eigenvalue weighted by Gasteiger charge is -2.33. The van der Waals surface area contributed by atoms with Gasteiger partial charge in [0.2, 0.25) is 0 Å². The Hall–Kier alpha value is -4.65. The van der Waals surface area contributed by atoms with E-state index in [0.717, 1.165) is 41.6 Å². The maximum atomic E-state index is 14.0. The molecule has 1 fully saturated rings. The average molecular weight is 599 g/mol. The number of nitrogens with one attached hydrogen (secondary N) is 1. The van der Waals surface area contributed by atoms with Crippen molar-refractivity contribution >= 4 is 11.6 Å². The smallest absolute Gasteiger partial charge is 0.416 e. The van der Waals surface area contributed by atoms with Crippen LogP contribution in [0.5, 0.6) is 5.75 Å². The van der Waals surface area contributed by atoms with Crippen molar-refractivity contribution in [1.29, 1.82) is 0 Å². The number of rotatable bonds is 6. The number of pyridine rings is 1. The van der Waals surface area contributed by atoms with Crippen LogP contribution in [0.3, 0.4) is 0 Å². The second-order valence-corrected chi connectivity index (χ2v) is 10.9. The number of benzene rings is 3. The number of likely N-dealkylation sites (N-methyl/N-ethyl adjacent to an activating group) is 1. The Kier molecular flexibility index (Phi) is 9.33. The second kappa shape index (κ2) is 13.3. The van der Waals surface area contributed by atoms with Crippen molar-refractivity contribution in [2.45, 2.75) is 19.6 Å². The van der Waals surface area contributed by atoms with E-state index in [-0.39, 0.29) is 17.8 Å². The summed E-state index contributed by atoms with van der Waals surface area (Å²) in [5.41, 5.74) is 3.89. The molecule has 6 nitrogen and oxygen atoms in total. The molecule has 44 heavy (non-hydrogen) atoms. The number of nitrogens with zero attached hydrogens (tertiary/aromatic N) is 3. The molecule has 9 heteroatoms. The Morgan fingerprint density at radius 1 is 0.932 bits per heavy atom. The van der Waals surface area contributed by atoms with Crippen molar-refractivity contribution in [3.63, 3.8) is 0 Å². The van der Waals surface area contributed by atoms with Crippen LogP contribution >= 0.6 is 0 Å². The van der Waals surface area contributed by atoms with E-state index in [4.69, 9.17) is 4.74 Å². The monoisotopic (exact) mass is 598 g/mol. The van der Waals surface area contributed by atoms with Gasteiger partial charge in [0.1, 0.15) is 5.75 Å². The fourth-order valence-corrected chi connectivity index (χ4v) is 4.99. The molecule has 4 aromatic rings. The number of hydrogen-bond acceptors (Lipinski definition) is 5. The molecule has 1 aliphatic rings. The number of anilines is 1. The Balaban J connectivity index is 1.32. The number of hydrogen-bond donors (Lipinski definition) is 1. The Bertz CT molecular complexity index is 1700. The van der Waals surface area contributed by atoms with Crippen molar-refractivity contribution in [1.82, 2.24) is 14.8 Å². The third-order valence-electron chi connectivity index (χ3n) is 7.67. The lowest BCUT2D eigenvalue weighted by Crippen LogP contribution is -2.44. The van der Waals surface area contributed by atoms with Gasteiger partial charge in [-0.3, -0.25) is 14.7 Å². The molecule has 0 spiro atoms. The quantitative estimate of drug-likeness (QED) is 0.258. The van der Waals surface area contributed by atoms with Gasteiger partial charge in [-0.05, 0) is 73.1 Å². The number of methoxy groups -OCH3 is 1. The van der Waals surface area contributed by atoms with Crippen LogP contribution in [-0.2, 0) is 12.7 Å². The van der Waals surface area contributed by atoms with Gasteiger partial charge in [-0.2, -0.15) is 13.2 Å². The van der Waals surface area contributed by atoms with Crippen molar-refractivity contribution in [2.75, 3.05) is 45.7 Å². The Labute approximate surface area is 255 Å².